The molecule has 0 atom stereocenters. The molecule has 0 unspecified atom stereocenters. The van der Waals surface area contributed by atoms with Crippen LogP contribution >= 0.6 is 0 Å². The zero-order valence-electron chi connectivity index (χ0n) is 31.2. The second-order valence-corrected chi connectivity index (χ2v) is 14.8. The van der Waals surface area contributed by atoms with Gasteiger partial charge in [-0.1, -0.05) is 146 Å². The molecule has 5 heteroatoms. The lowest BCUT2D eigenvalue weighted by Crippen LogP contribution is -2.01. The number of nitrogens with zero attached hydrogens (tertiary/aromatic N) is 4. The third kappa shape index (κ3) is 5.07. The fourth-order valence-corrected chi connectivity index (χ4v) is 8.73. The number of fused-ring (bicyclic) bond motifs is 9. The van der Waals surface area contributed by atoms with E-state index in [1.807, 2.05) is 30.3 Å². The van der Waals surface area contributed by atoms with Gasteiger partial charge in [0.1, 0.15) is 11.2 Å². The quantitative estimate of drug-likeness (QED) is 0.176. The van der Waals surface area contributed by atoms with Crippen molar-refractivity contribution in [2.24, 2.45) is 0 Å². The van der Waals surface area contributed by atoms with Gasteiger partial charge < -0.3 is 8.98 Å². The van der Waals surface area contributed by atoms with Crippen LogP contribution in [0, 0.1) is 0 Å². The van der Waals surface area contributed by atoms with Crippen molar-refractivity contribution in [2.45, 2.75) is 0 Å². The van der Waals surface area contributed by atoms with Crippen molar-refractivity contribution < 1.29 is 4.42 Å². The normalized spacial score (nSPS) is 11.8. The van der Waals surface area contributed by atoms with Gasteiger partial charge in [0.25, 0.3) is 0 Å². The topological polar surface area (TPSA) is 56.7 Å². The van der Waals surface area contributed by atoms with E-state index in [0.717, 1.165) is 66.2 Å². The molecule has 0 amide bonds. The van der Waals surface area contributed by atoms with E-state index in [1.54, 1.807) is 0 Å². The third-order valence-electron chi connectivity index (χ3n) is 11.4. The van der Waals surface area contributed by atoms with Crippen LogP contribution in [0.15, 0.2) is 199 Å². The Hall–Kier alpha value is -7.89. The molecule has 0 aliphatic rings. The first kappa shape index (κ1) is 32.4. The van der Waals surface area contributed by atoms with Crippen molar-refractivity contribution in [3.63, 3.8) is 0 Å². The summed E-state index contributed by atoms with van der Waals surface area (Å²) in [6.07, 6.45) is 0. The van der Waals surface area contributed by atoms with Crippen LogP contribution in [0.25, 0.3) is 116 Å². The molecular weight excluding hydrogens is 709 g/mol. The highest BCUT2D eigenvalue weighted by Gasteiger charge is 2.21. The first-order valence-corrected chi connectivity index (χ1v) is 19.5. The molecule has 0 bridgehead atoms. The van der Waals surface area contributed by atoms with Gasteiger partial charge in [-0.15, -0.1) is 0 Å². The Kier molecular flexibility index (Phi) is 7.16. The van der Waals surface area contributed by atoms with E-state index >= 15 is 0 Å². The monoisotopic (exact) mass is 740 g/mol. The highest BCUT2D eigenvalue weighted by molar-refractivity contribution is 6.23. The number of hydrogen-bond donors (Lipinski definition) is 0. The molecule has 0 N–H and O–H groups in total. The van der Waals surface area contributed by atoms with Gasteiger partial charge in [-0.05, 0) is 75.6 Å². The standard InChI is InChI=1S/C53H32N4O/c1-2-14-34(15-3-1)51-54-52(35-27-29-38(30-28-35)57-46-23-10-8-18-41(46)42-19-9-11-24-47(42)57)56-53(55-51)45-32-48-49(43-20-7-6-17-40(43)45)44-22-12-21-39(50(44)58-48)37-26-25-33-13-4-5-16-36(33)31-37/h1-32H. The molecule has 0 radical (unpaired) electrons. The van der Waals surface area contributed by atoms with Gasteiger partial charge >= 0.3 is 0 Å². The summed E-state index contributed by atoms with van der Waals surface area (Å²) in [5.74, 6) is 1.80. The van der Waals surface area contributed by atoms with Gasteiger partial charge in [0, 0.05) is 49.5 Å². The molecule has 12 rings (SSSR count). The van der Waals surface area contributed by atoms with Crippen molar-refractivity contribution in [2.75, 3.05) is 0 Å². The number of hydrogen-bond acceptors (Lipinski definition) is 4. The number of furan rings is 1. The molecule has 0 saturated heterocycles. The van der Waals surface area contributed by atoms with Crippen molar-refractivity contribution in [3.05, 3.63) is 194 Å². The third-order valence-corrected chi connectivity index (χ3v) is 11.4. The number of rotatable bonds is 5. The fourth-order valence-electron chi connectivity index (χ4n) is 8.73. The fraction of sp³-hybridized carbons (Fsp3) is 0. The number of para-hydroxylation sites is 3. The van der Waals surface area contributed by atoms with E-state index in [1.165, 1.54) is 32.6 Å². The van der Waals surface area contributed by atoms with Crippen LogP contribution in [0.3, 0.4) is 0 Å². The Balaban J connectivity index is 1.04. The first-order chi connectivity index (χ1) is 28.7. The van der Waals surface area contributed by atoms with Crippen LogP contribution in [0.1, 0.15) is 0 Å². The zero-order valence-corrected chi connectivity index (χ0v) is 31.2. The molecule has 270 valence electrons. The van der Waals surface area contributed by atoms with Crippen molar-refractivity contribution >= 4 is 65.3 Å². The average molecular weight is 741 g/mol. The maximum Gasteiger partial charge on any atom is 0.164 e. The second kappa shape index (κ2) is 12.8. The van der Waals surface area contributed by atoms with Gasteiger partial charge in [-0.3, -0.25) is 0 Å². The average Bonchev–Trinajstić information content (AvgIpc) is 3.85. The summed E-state index contributed by atoms with van der Waals surface area (Å²) in [6, 6.07) is 67.9. The van der Waals surface area contributed by atoms with E-state index in [-0.39, 0.29) is 0 Å². The molecule has 3 aromatic heterocycles. The Morgan fingerprint density at radius 3 is 1.67 bits per heavy atom. The predicted octanol–water partition coefficient (Wildman–Crippen LogP) is 13.8. The summed E-state index contributed by atoms with van der Waals surface area (Å²) in [6.45, 7) is 0. The summed E-state index contributed by atoms with van der Waals surface area (Å²) in [5.41, 5.74) is 9.94. The number of aromatic nitrogens is 4. The van der Waals surface area contributed by atoms with Gasteiger partial charge in [0.15, 0.2) is 17.5 Å². The van der Waals surface area contributed by atoms with E-state index in [4.69, 9.17) is 19.4 Å². The minimum Gasteiger partial charge on any atom is -0.455 e. The van der Waals surface area contributed by atoms with Crippen molar-refractivity contribution in [1.29, 1.82) is 0 Å². The Morgan fingerprint density at radius 1 is 0.362 bits per heavy atom. The lowest BCUT2D eigenvalue weighted by molar-refractivity contribution is 0.670. The maximum atomic E-state index is 6.89. The molecule has 0 saturated carbocycles. The minimum atomic E-state index is 0.587. The van der Waals surface area contributed by atoms with E-state index < -0.39 is 0 Å². The Morgan fingerprint density at radius 2 is 0.931 bits per heavy atom. The zero-order chi connectivity index (χ0) is 38.2. The summed E-state index contributed by atoms with van der Waals surface area (Å²) in [5, 5.41) is 9.16. The second-order valence-electron chi connectivity index (χ2n) is 14.8. The summed E-state index contributed by atoms with van der Waals surface area (Å²) in [4.78, 5) is 15.5. The van der Waals surface area contributed by atoms with Crippen LogP contribution < -0.4 is 0 Å². The van der Waals surface area contributed by atoms with Gasteiger partial charge in [0.05, 0.1) is 11.0 Å². The minimum absolute atomic E-state index is 0.587. The Labute approximate surface area is 333 Å². The van der Waals surface area contributed by atoms with Gasteiger partial charge in [-0.25, -0.2) is 15.0 Å². The molecule has 3 heterocycles. The summed E-state index contributed by atoms with van der Waals surface area (Å²) in [7, 11) is 0. The van der Waals surface area contributed by atoms with Crippen LogP contribution in [-0.2, 0) is 0 Å². The first-order valence-electron chi connectivity index (χ1n) is 19.5. The van der Waals surface area contributed by atoms with E-state index in [9.17, 15) is 0 Å². The smallest absolute Gasteiger partial charge is 0.164 e. The molecule has 58 heavy (non-hydrogen) atoms. The molecule has 12 aromatic rings. The van der Waals surface area contributed by atoms with Crippen LogP contribution in [0.5, 0.6) is 0 Å². The molecule has 0 aliphatic carbocycles. The van der Waals surface area contributed by atoms with Gasteiger partial charge in [0.2, 0.25) is 0 Å². The van der Waals surface area contributed by atoms with Gasteiger partial charge in [-0.2, -0.15) is 0 Å². The molecular formula is C53H32N4O. The largest absolute Gasteiger partial charge is 0.455 e. The van der Waals surface area contributed by atoms with E-state index in [0.29, 0.717) is 17.5 Å². The highest BCUT2D eigenvalue weighted by Crippen LogP contribution is 2.43. The highest BCUT2D eigenvalue weighted by atomic mass is 16.3. The van der Waals surface area contributed by atoms with E-state index in [2.05, 4.69) is 168 Å². The lowest BCUT2D eigenvalue weighted by Gasteiger charge is -2.12. The SMILES string of the molecule is c1ccc(-c2nc(-c3ccc(-n4c5ccccc5c5ccccc54)cc3)nc(-c3cc4oc5c(-c6ccc7ccccc7c6)cccc5c4c4ccccc34)n2)cc1. The lowest BCUT2D eigenvalue weighted by atomic mass is 9.96. The molecule has 5 nitrogen and oxygen atoms in total. The van der Waals surface area contributed by atoms with Crippen molar-refractivity contribution in [1.82, 2.24) is 19.5 Å². The maximum absolute atomic E-state index is 6.89. The Bertz CT molecular complexity index is 3510. The molecule has 9 aromatic carbocycles. The molecule has 0 fully saturated rings. The summed E-state index contributed by atoms with van der Waals surface area (Å²) < 4.78 is 9.21. The number of benzene rings is 9. The predicted molar refractivity (Wildman–Crippen MR) is 238 cm³/mol. The van der Waals surface area contributed by atoms with Crippen molar-refractivity contribution in [3.8, 4) is 51.0 Å². The van der Waals surface area contributed by atoms with Crippen LogP contribution in [0.4, 0.5) is 0 Å². The van der Waals surface area contributed by atoms with Crippen LogP contribution in [0.2, 0.25) is 0 Å². The molecule has 0 spiro atoms. The summed E-state index contributed by atoms with van der Waals surface area (Å²) >= 11 is 0. The van der Waals surface area contributed by atoms with Crippen LogP contribution in [-0.4, -0.2) is 19.5 Å². The molecule has 0 aliphatic heterocycles.